The largest absolute Gasteiger partial charge is 0.476 e. The first-order valence-corrected chi connectivity index (χ1v) is 6.63. The molecule has 0 bridgehead atoms. The fourth-order valence-corrected chi connectivity index (χ4v) is 1.80. The minimum absolute atomic E-state index is 0.161. The zero-order valence-electron chi connectivity index (χ0n) is 12.5. The fourth-order valence-electron chi connectivity index (χ4n) is 1.80. The van der Waals surface area contributed by atoms with Gasteiger partial charge in [0.15, 0.2) is 5.69 Å². The van der Waals surface area contributed by atoms with Crippen LogP contribution in [-0.2, 0) is 0 Å². The number of nitrogens with zero attached hydrogens (tertiary/aromatic N) is 2. The molecule has 0 atom stereocenters. The number of nitrogens with one attached hydrogen (secondary N) is 1. The summed E-state index contributed by atoms with van der Waals surface area (Å²) in [6, 6.07) is 7.15. The number of aromatic nitrogens is 2. The van der Waals surface area contributed by atoms with Crippen molar-refractivity contribution in [3.8, 4) is 0 Å². The molecule has 3 N–H and O–H groups in total. The van der Waals surface area contributed by atoms with Crippen LogP contribution < -0.4 is 5.32 Å². The topological polar surface area (TPSA) is 95.3 Å². The van der Waals surface area contributed by atoms with Gasteiger partial charge in [-0.15, -0.1) is 10.2 Å². The second-order valence-corrected chi connectivity index (χ2v) is 6.05. The van der Waals surface area contributed by atoms with Gasteiger partial charge in [-0.25, -0.2) is 4.79 Å². The van der Waals surface area contributed by atoms with E-state index in [4.69, 9.17) is 0 Å². The normalized spacial score (nSPS) is 12.4. The lowest BCUT2D eigenvalue weighted by molar-refractivity contribution is 0.0239. The van der Waals surface area contributed by atoms with E-state index >= 15 is 0 Å². The molecule has 0 spiro atoms. The second-order valence-electron chi connectivity index (χ2n) is 6.05. The highest BCUT2D eigenvalue weighted by Gasteiger charge is 2.36. The number of hydrogen-bond acceptors (Lipinski definition) is 5. The summed E-state index contributed by atoms with van der Waals surface area (Å²) in [4.78, 5) is 11.4. The Morgan fingerprint density at radius 3 is 2.33 bits per heavy atom. The van der Waals surface area contributed by atoms with Gasteiger partial charge >= 0.3 is 5.97 Å². The summed E-state index contributed by atoms with van der Waals surface area (Å²) >= 11 is 0. The van der Waals surface area contributed by atoms with Crippen LogP contribution >= 0.6 is 0 Å². The Morgan fingerprint density at radius 1 is 1.14 bits per heavy atom. The number of carbonyl (C=O) groups is 1. The zero-order chi connectivity index (χ0) is 15.8. The Labute approximate surface area is 122 Å². The molecule has 112 valence electrons. The average Bonchev–Trinajstić information content (AvgIpc) is 2.37. The van der Waals surface area contributed by atoms with Crippen LogP contribution in [0.15, 0.2) is 24.3 Å². The molecule has 6 heteroatoms. The molecule has 0 aliphatic heterocycles. The minimum atomic E-state index is -1.16. The maximum absolute atomic E-state index is 11.4. The summed E-state index contributed by atoms with van der Waals surface area (Å²) in [7, 11) is 0. The van der Waals surface area contributed by atoms with Crippen molar-refractivity contribution in [1.82, 2.24) is 10.2 Å². The van der Waals surface area contributed by atoms with Crippen LogP contribution in [0.25, 0.3) is 10.9 Å². The van der Waals surface area contributed by atoms with E-state index in [1.165, 1.54) is 0 Å². The van der Waals surface area contributed by atoms with Crippen LogP contribution in [0.4, 0.5) is 5.69 Å². The Balaban J connectivity index is 2.65. The van der Waals surface area contributed by atoms with Crippen molar-refractivity contribution in [2.45, 2.75) is 38.8 Å². The van der Waals surface area contributed by atoms with Crippen molar-refractivity contribution < 1.29 is 15.0 Å². The number of carboxylic acid groups (broad SMARTS) is 1. The van der Waals surface area contributed by atoms with Crippen molar-refractivity contribution in [2.24, 2.45) is 0 Å². The fraction of sp³-hybridized carbons (Fsp3) is 0.400. The van der Waals surface area contributed by atoms with Gasteiger partial charge in [-0.05, 0) is 33.8 Å². The molecule has 0 unspecified atom stereocenters. The van der Waals surface area contributed by atoms with Crippen molar-refractivity contribution in [3.05, 3.63) is 30.0 Å². The van der Waals surface area contributed by atoms with Gasteiger partial charge < -0.3 is 15.5 Å². The summed E-state index contributed by atoms with van der Waals surface area (Å²) in [6.07, 6.45) is 0. The molecule has 21 heavy (non-hydrogen) atoms. The molecule has 1 heterocycles. The van der Waals surface area contributed by atoms with Crippen molar-refractivity contribution in [3.63, 3.8) is 0 Å². The van der Waals surface area contributed by atoms with Crippen molar-refractivity contribution in [1.29, 1.82) is 0 Å². The third-order valence-electron chi connectivity index (χ3n) is 3.84. The summed E-state index contributed by atoms with van der Waals surface area (Å²) in [5, 5.41) is 31.1. The van der Waals surface area contributed by atoms with Crippen LogP contribution in [0, 0.1) is 0 Å². The van der Waals surface area contributed by atoms with Crippen LogP contribution in [0.3, 0.4) is 0 Å². The zero-order valence-corrected chi connectivity index (χ0v) is 12.5. The van der Waals surface area contributed by atoms with Crippen molar-refractivity contribution >= 4 is 22.6 Å². The van der Waals surface area contributed by atoms with Crippen LogP contribution in [0.1, 0.15) is 38.2 Å². The molecule has 2 aromatic rings. The number of fused-ring (bicyclic) bond motifs is 1. The predicted octanol–water partition coefficient (Wildman–Crippen LogP) is 2.29. The van der Waals surface area contributed by atoms with E-state index in [1.807, 2.05) is 6.07 Å². The molecule has 0 fully saturated rings. The van der Waals surface area contributed by atoms with Gasteiger partial charge in [-0.2, -0.15) is 0 Å². The minimum Gasteiger partial charge on any atom is -0.476 e. The Kier molecular flexibility index (Phi) is 3.59. The number of carboxylic acids is 1. The van der Waals surface area contributed by atoms with Crippen LogP contribution in [0.5, 0.6) is 0 Å². The maximum Gasteiger partial charge on any atom is 0.358 e. The predicted molar refractivity (Wildman–Crippen MR) is 80.5 cm³/mol. The number of aliphatic hydroxyl groups is 1. The summed E-state index contributed by atoms with van der Waals surface area (Å²) in [5.74, 6) is -1.16. The summed E-state index contributed by atoms with van der Waals surface area (Å²) in [6.45, 7) is 6.93. The van der Waals surface area contributed by atoms with E-state index in [0.29, 0.717) is 16.6 Å². The first kappa shape index (κ1) is 15.2. The molecule has 0 aliphatic carbocycles. The van der Waals surface area contributed by atoms with E-state index in [2.05, 4.69) is 15.5 Å². The smallest absolute Gasteiger partial charge is 0.358 e. The summed E-state index contributed by atoms with van der Waals surface area (Å²) < 4.78 is 0. The lowest BCUT2D eigenvalue weighted by Crippen LogP contribution is -2.51. The highest BCUT2D eigenvalue weighted by molar-refractivity contribution is 6.02. The van der Waals surface area contributed by atoms with E-state index in [-0.39, 0.29) is 5.69 Å². The van der Waals surface area contributed by atoms with Gasteiger partial charge in [0.2, 0.25) is 0 Å². The Hall–Kier alpha value is -2.21. The number of benzene rings is 1. The standard InChI is InChI=1S/C15H19N3O3/c1-14(2,15(3,4)21)16-11-9-7-5-6-8-10(9)17-18-12(11)13(19)20/h5-8,21H,1-4H3,(H,16,17)(H,19,20). The van der Waals surface area contributed by atoms with Crippen LogP contribution in [-0.4, -0.2) is 37.5 Å². The molecule has 0 saturated heterocycles. The van der Waals surface area contributed by atoms with Gasteiger partial charge in [0, 0.05) is 5.39 Å². The monoisotopic (exact) mass is 289 g/mol. The molecule has 0 aliphatic rings. The maximum atomic E-state index is 11.4. The lowest BCUT2D eigenvalue weighted by atomic mass is 9.85. The van der Waals surface area contributed by atoms with Crippen LogP contribution in [0.2, 0.25) is 0 Å². The highest BCUT2D eigenvalue weighted by Crippen LogP contribution is 2.31. The number of anilines is 1. The summed E-state index contributed by atoms with van der Waals surface area (Å²) in [5.41, 5.74) is -1.03. The average molecular weight is 289 g/mol. The quantitative estimate of drug-likeness (QED) is 0.799. The molecule has 0 radical (unpaired) electrons. The van der Waals surface area contributed by atoms with Gasteiger partial charge in [-0.3, -0.25) is 0 Å². The van der Waals surface area contributed by atoms with Gasteiger partial charge in [0.1, 0.15) is 0 Å². The molecule has 0 saturated carbocycles. The molecule has 2 rings (SSSR count). The first-order valence-electron chi connectivity index (χ1n) is 6.63. The lowest BCUT2D eigenvalue weighted by Gasteiger charge is -2.39. The molecule has 1 aromatic heterocycles. The van der Waals surface area contributed by atoms with Gasteiger partial charge in [0.05, 0.1) is 22.3 Å². The molecule has 6 nitrogen and oxygen atoms in total. The Morgan fingerprint density at radius 2 is 1.76 bits per heavy atom. The molecule has 0 amide bonds. The molecular weight excluding hydrogens is 270 g/mol. The Bertz CT molecular complexity index is 690. The van der Waals surface area contributed by atoms with Gasteiger partial charge in [0.25, 0.3) is 0 Å². The molecule has 1 aromatic carbocycles. The van der Waals surface area contributed by atoms with E-state index in [9.17, 15) is 15.0 Å². The number of rotatable bonds is 4. The SMILES string of the molecule is CC(C)(O)C(C)(C)Nc1c(C(=O)O)nnc2ccccc12. The number of aromatic carboxylic acids is 1. The first-order chi connectivity index (χ1) is 9.63. The molecular formula is C15H19N3O3. The second kappa shape index (κ2) is 4.96. The third-order valence-corrected chi connectivity index (χ3v) is 3.84. The van der Waals surface area contributed by atoms with E-state index in [0.717, 1.165) is 0 Å². The highest BCUT2D eigenvalue weighted by atomic mass is 16.4. The van der Waals surface area contributed by atoms with Crippen molar-refractivity contribution in [2.75, 3.05) is 5.32 Å². The van der Waals surface area contributed by atoms with Gasteiger partial charge in [-0.1, -0.05) is 18.2 Å². The third kappa shape index (κ3) is 2.80. The van der Waals surface area contributed by atoms with E-state index in [1.54, 1.807) is 45.9 Å². The number of hydrogen-bond donors (Lipinski definition) is 3. The van der Waals surface area contributed by atoms with E-state index < -0.39 is 17.1 Å².